The molecule has 160 valence electrons. The number of nitrogens with zero attached hydrogens (tertiary/aromatic N) is 1. The smallest absolute Gasteiger partial charge is 0.331 e. The van der Waals surface area contributed by atoms with Crippen LogP contribution in [0, 0.1) is 5.92 Å². The van der Waals surface area contributed by atoms with Crippen molar-refractivity contribution in [2.24, 2.45) is 10.9 Å². The lowest BCUT2D eigenvalue weighted by atomic mass is 9.81. The van der Waals surface area contributed by atoms with Crippen molar-refractivity contribution < 1.29 is 18.3 Å². The molecule has 0 radical (unpaired) electrons. The van der Waals surface area contributed by atoms with Crippen LogP contribution in [-0.4, -0.2) is 29.2 Å². The lowest BCUT2D eigenvalue weighted by molar-refractivity contribution is -0.159. The fourth-order valence-corrected chi connectivity index (χ4v) is 3.84. The summed E-state index contributed by atoms with van der Waals surface area (Å²) in [4.78, 5) is 17.9. The van der Waals surface area contributed by atoms with Gasteiger partial charge in [0.25, 0.3) is 0 Å². The van der Waals surface area contributed by atoms with Gasteiger partial charge in [-0.05, 0) is 39.5 Å². The normalized spacial score (nSPS) is 19.6. The van der Waals surface area contributed by atoms with E-state index < -0.39 is 29.5 Å². The first-order valence-corrected chi connectivity index (χ1v) is 10.4. The van der Waals surface area contributed by atoms with E-state index in [4.69, 9.17) is 9.73 Å². The third-order valence-corrected chi connectivity index (χ3v) is 5.14. The predicted molar refractivity (Wildman–Crippen MR) is 115 cm³/mol. The fraction of sp³-hybridized carbons (Fsp3) is 0.440. The molecule has 0 N–H and O–H groups in total. The molecule has 2 atom stereocenters. The SMILES string of the molecule is CC(C)(C)OC(=O)[C@@H](N=C(c1ccccc1)c1ccccc1)[C@H]1CCCC(F)(F)C1. The summed E-state index contributed by atoms with van der Waals surface area (Å²) >= 11 is 0. The van der Waals surface area contributed by atoms with Gasteiger partial charge in [0.15, 0.2) is 6.04 Å². The summed E-state index contributed by atoms with van der Waals surface area (Å²) in [5.74, 6) is -3.89. The van der Waals surface area contributed by atoms with Gasteiger partial charge in [-0.25, -0.2) is 13.6 Å². The molecule has 30 heavy (non-hydrogen) atoms. The molecule has 0 spiro atoms. The highest BCUT2D eigenvalue weighted by Crippen LogP contribution is 2.39. The van der Waals surface area contributed by atoms with E-state index in [1.165, 1.54) is 0 Å². The molecule has 0 saturated heterocycles. The number of carbonyl (C=O) groups is 1. The zero-order valence-electron chi connectivity index (χ0n) is 17.8. The second-order valence-corrected chi connectivity index (χ2v) is 8.90. The Balaban J connectivity index is 2.07. The van der Waals surface area contributed by atoms with E-state index in [2.05, 4.69) is 0 Å². The molecule has 0 unspecified atom stereocenters. The van der Waals surface area contributed by atoms with Crippen molar-refractivity contribution in [2.75, 3.05) is 0 Å². The topological polar surface area (TPSA) is 38.7 Å². The molecule has 3 rings (SSSR count). The minimum Gasteiger partial charge on any atom is -0.458 e. The van der Waals surface area contributed by atoms with Crippen molar-refractivity contribution in [1.82, 2.24) is 0 Å². The van der Waals surface area contributed by atoms with Gasteiger partial charge >= 0.3 is 5.97 Å². The Bertz CT molecular complexity index is 832. The molecule has 1 aliphatic carbocycles. The van der Waals surface area contributed by atoms with Crippen LogP contribution < -0.4 is 0 Å². The van der Waals surface area contributed by atoms with Gasteiger partial charge in [0.1, 0.15) is 5.60 Å². The molecule has 1 aliphatic rings. The van der Waals surface area contributed by atoms with Crippen molar-refractivity contribution >= 4 is 11.7 Å². The lowest BCUT2D eigenvalue weighted by Crippen LogP contribution is -2.40. The first-order valence-electron chi connectivity index (χ1n) is 10.4. The van der Waals surface area contributed by atoms with Crippen LogP contribution in [0.3, 0.4) is 0 Å². The van der Waals surface area contributed by atoms with Crippen LogP contribution >= 0.6 is 0 Å². The number of hydrogen-bond donors (Lipinski definition) is 0. The van der Waals surface area contributed by atoms with E-state index in [0.29, 0.717) is 18.6 Å². The molecule has 1 fully saturated rings. The molecule has 1 saturated carbocycles. The van der Waals surface area contributed by atoms with Crippen LogP contribution in [0.25, 0.3) is 0 Å². The second-order valence-electron chi connectivity index (χ2n) is 8.90. The quantitative estimate of drug-likeness (QED) is 0.441. The van der Waals surface area contributed by atoms with Crippen molar-refractivity contribution in [3.05, 3.63) is 71.8 Å². The molecule has 3 nitrogen and oxygen atoms in total. The Hall–Kier alpha value is -2.56. The predicted octanol–water partition coefficient (Wildman–Crippen LogP) is 6.06. The minimum atomic E-state index is -2.78. The molecule has 0 aliphatic heterocycles. The molecule has 0 bridgehead atoms. The lowest BCUT2D eigenvalue weighted by Gasteiger charge is -2.33. The van der Waals surface area contributed by atoms with Crippen LogP contribution in [0.15, 0.2) is 65.7 Å². The highest BCUT2D eigenvalue weighted by molar-refractivity contribution is 6.13. The fourth-order valence-electron chi connectivity index (χ4n) is 3.84. The van der Waals surface area contributed by atoms with Gasteiger partial charge in [-0.2, -0.15) is 0 Å². The number of esters is 1. The van der Waals surface area contributed by atoms with Crippen molar-refractivity contribution in [2.45, 2.75) is 64.0 Å². The third-order valence-electron chi connectivity index (χ3n) is 5.14. The number of alkyl halides is 2. The molecule has 5 heteroatoms. The van der Waals surface area contributed by atoms with Gasteiger partial charge in [0, 0.05) is 24.0 Å². The Labute approximate surface area is 177 Å². The van der Waals surface area contributed by atoms with Gasteiger partial charge in [-0.15, -0.1) is 0 Å². The van der Waals surface area contributed by atoms with Crippen LogP contribution in [0.1, 0.15) is 57.6 Å². The number of benzene rings is 2. The number of ether oxygens (including phenoxy) is 1. The zero-order valence-corrected chi connectivity index (χ0v) is 17.8. The van der Waals surface area contributed by atoms with E-state index in [-0.39, 0.29) is 12.8 Å². The van der Waals surface area contributed by atoms with Gasteiger partial charge in [-0.3, -0.25) is 4.99 Å². The van der Waals surface area contributed by atoms with E-state index in [1.54, 1.807) is 20.8 Å². The van der Waals surface area contributed by atoms with Gasteiger partial charge < -0.3 is 4.74 Å². The average Bonchev–Trinajstić information content (AvgIpc) is 2.68. The van der Waals surface area contributed by atoms with Crippen molar-refractivity contribution in [3.63, 3.8) is 0 Å². The molecule has 2 aromatic rings. The molecule has 0 aromatic heterocycles. The highest BCUT2D eigenvalue weighted by atomic mass is 19.3. The van der Waals surface area contributed by atoms with E-state index >= 15 is 0 Å². The summed E-state index contributed by atoms with van der Waals surface area (Å²) < 4.78 is 34.0. The van der Waals surface area contributed by atoms with E-state index in [1.807, 2.05) is 60.7 Å². The minimum absolute atomic E-state index is 0.140. The van der Waals surface area contributed by atoms with Crippen molar-refractivity contribution in [3.8, 4) is 0 Å². The Morgan fingerprint density at radius 2 is 1.57 bits per heavy atom. The molecule has 0 amide bonds. The van der Waals surface area contributed by atoms with Crippen LogP contribution in [0.4, 0.5) is 8.78 Å². The number of aliphatic imine (C=N–C) groups is 1. The number of rotatable bonds is 5. The summed E-state index contributed by atoms with van der Waals surface area (Å²) in [5.41, 5.74) is 1.56. The Morgan fingerprint density at radius 1 is 1.03 bits per heavy atom. The second kappa shape index (κ2) is 9.07. The van der Waals surface area contributed by atoms with E-state index in [0.717, 1.165) is 11.1 Å². The first kappa shape index (κ1) is 22.1. The molecule has 2 aromatic carbocycles. The van der Waals surface area contributed by atoms with Gasteiger partial charge in [0.05, 0.1) is 5.71 Å². The number of carbonyl (C=O) groups excluding carboxylic acids is 1. The zero-order chi connectivity index (χ0) is 21.8. The molecule has 0 heterocycles. The van der Waals surface area contributed by atoms with Gasteiger partial charge in [0.2, 0.25) is 5.92 Å². The van der Waals surface area contributed by atoms with Crippen LogP contribution in [-0.2, 0) is 9.53 Å². The maximum absolute atomic E-state index is 14.2. The maximum atomic E-state index is 14.2. The van der Waals surface area contributed by atoms with Gasteiger partial charge in [-0.1, -0.05) is 60.7 Å². The Kier molecular flexibility index (Phi) is 6.69. The Morgan fingerprint density at radius 3 is 2.03 bits per heavy atom. The largest absolute Gasteiger partial charge is 0.458 e. The first-order chi connectivity index (χ1) is 14.1. The molecular formula is C25H29F2NO2. The van der Waals surface area contributed by atoms with E-state index in [9.17, 15) is 13.6 Å². The standard InChI is InChI=1S/C25H29F2NO2/c1-24(2,3)30-23(29)22(20-15-10-16-25(26,27)17-20)28-21(18-11-6-4-7-12-18)19-13-8-5-9-14-19/h4-9,11-14,20,22H,10,15-17H2,1-3H3/t20-,22-/m0/s1. The van der Waals surface area contributed by atoms with Crippen molar-refractivity contribution in [1.29, 1.82) is 0 Å². The number of hydrogen-bond acceptors (Lipinski definition) is 3. The van der Waals surface area contributed by atoms with Crippen LogP contribution in [0.2, 0.25) is 0 Å². The summed E-state index contributed by atoms with van der Waals surface area (Å²) in [7, 11) is 0. The average molecular weight is 414 g/mol. The molecular weight excluding hydrogens is 384 g/mol. The summed E-state index contributed by atoms with van der Waals surface area (Å²) in [6.07, 6.45) is 0.411. The maximum Gasteiger partial charge on any atom is 0.331 e. The van der Waals surface area contributed by atoms with Crippen LogP contribution in [0.5, 0.6) is 0 Å². The summed E-state index contributed by atoms with van der Waals surface area (Å²) in [6, 6.07) is 18.0. The number of halogens is 2. The summed E-state index contributed by atoms with van der Waals surface area (Å²) in [5, 5.41) is 0. The summed E-state index contributed by atoms with van der Waals surface area (Å²) in [6.45, 7) is 5.32. The highest BCUT2D eigenvalue weighted by Gasteiger charge is 2.43. The monoisotopic (exact) mass is 413 g/mol. The third kappa shape index (κ3) is 5.97.